The molecule has 0 aromatic heterocycles. The van der Waals surface area contributed by atoms with Crippen LogP contribution in [0.5, 0.6) is 0 Å². The lowest BCUT2D eigenvalue weighted by Gasteiger charge is -2.19. The highest BCUT2D eigenvalue weighted by atomic mass is 16.7. The van der Waals surface area contributed by atoms with Gasteiger partial charge in [0.05, 0.1) is 12.5 Å². The third-order valence-corrected chi connectivity index (χ3v) is 3.72. The summed E-state index contributed by atoms with van der Waals surface area (Å²) < 4.78 is 10.7. The second-order valence-electron chi connectivity index (χ2n) is 4.77. The molecule has 1 aliphatic heterocycles. The molecule has 82 valence electrons. The van der Waals surface area contributed by atoms with E-state index in [1.54, 1.807) is 0 Å². The van der Waals surface area contributed by atoms with Crippen molar-refractivity contribution in [2.45, 2.75) is 32.0 Å². The van der Waals surface area contributed by atoms with E-state index in [9.17, 15) is 4.79 Å². The molecule has 0 unspecified atom stereocenters. The Balaban J connectivity index is 1.58. The predicted molar refractivity (Wildman–Crippen MR) is 53.9 cm³/mol. The van der Waals surface area contributed by atoms with Crippen LogP contribution in [0.3, 0.4) is 0 Å². The zero-order valence-corrected chi connectivity index (χ0v) is 8.72. The van der Waals surface area contributed by atoms with Crippen molar-refractivity contribution < 1.29 is 14.3 Å². The second kappa shape index (κ2) is 3.63. The Morgan fingerprint density at radius 3 is 2.87 bits per heavy atom. The van der Waals surface area contributed by atoms with Gasteiger partial charge in [0.25, 0.3) is 0 Å². The van der Waals surface area contributed by atoms with Gasteiger partial charge in [-0.25, -0.2) is 0 Å². The Labute approximate surface area is 89.4 Å². The van der Waals surface area contributed by atoms with Crippen molar-refractivity contribution in [3.05, 3.63) is 12.2 Å². The number of esters is 1. The summed E-state index contributed by atoms with van der Waals surface area (Å²) in [5.74, 6) is 1.11. The summed E-state index contributed by atoms with van der Waals surface area (Å²) in [5, 5.41) is 0. The van der Waals surface area contributed by atoms with Gasteiger partial charge in [0.15, 0.2) is 0 Å². The van der Waals surface area contributed by atoms with Gasteiger partial charge >= 0.3 is 5.97 Å². The number of hydrogen-bond acceptors (Lipinski definition) is 3. The largest absolute Gasteiger partial charge is 0.436 e. The second-order valence-corrected chi connectivity index (χ2v) is 4.77. The molecular weight excluding hydrogens is 192 g/mol. The third-order valence-electron chi connectivity index (χ3n) is 3.72. The van der Waals surface area contributed by atoms with Gasteiger partial charge in [-0.1, -0.05) is 12.2 Å². The van der Waals surface area contributed by atoms with E-state index < -0.39 is 0 Å². The number of fused-ring (bicyclic) bond motifs is 2. The van der Waals surface area contributed by atoms with Crippen molar-refractivity contribution >= 4 is 5.97 Å². The zero-order valence-electron chi connectivity index (χ0n) is 8.72. The van der Waals surface area contributed by atoms with Gasteiger partial charge in [-0.3, -0.25) is 4.79 Å². The number of hydrogen-bond donors (Lipinski definition) is 0. The van der Waals surface area contributed by atoms with Crippen LogP contribution in [0.4, 0.5) is 0 Å². The maximum Gasteiger partial charge on any atom is 0.311 e. The molecule has 0 amide bonds. The summed E-state index contributed by atoms with van der Waals surface area (Å²) in [6, 6.07) is 0. The molecule has 0 spiro atoms. The smallest absolute Gasteiger partial charge is 0.311 e. The normalized spacial score (nSPS) is 42.4. The van der Waals surface area contributed by atoms with Crippen molar-refractivity contribution in [1.29, 1.82) is 0 Å². The summed E-state index contributed by atoms with van der Waals surface area (Å²) in [4.78, 5) is 11.9. The number of allylic oxidation sites excluding steroid dienone is 2. The Morgan fingerprint density at radius 1 is 1.33 bits per heavy atom. The zero-order chi connectivity index (χ0) is 10.3. The van der Waals surface area contributed by atoms with E-state index in [2.05, 4.69) is 12.2 Å². The monoisotopic (exact) mass is 208 g/mol. The summed E-state index contributed by atoms with van der Waals surface area (Å²) in [6.45, 7) is 0.731. The molecule has 1 heterocycles. The molecule has 0 radical (unpaired) electrons. The summed E-state index contributed by atoms with van der Waals surface area (Å²) in [5.41, 5.74) is 0. The van der Waals surface area contributed by atoms with Crippen LogP contribution >= 0.6 is 0 Å². The van der Waals surface area contributed by atoms with Crippen LogP contribution in [0.2, 0.25) is 0 Å². The van der Waals surface area contributed by atoms with Gasteiger partial charge in [-0.2, -0.15) is 0 Å². The highest BCUT2D eigenvalue weighted by molar-refractivity contribution is 5.74. The predicted octanol–water partition coefficient (Wildman–Crippen LogP) is 1.88. The van der Waals surface area contributed by atoms with E-state index in [0.717, 1.165) is 32.3 Å². The van der Waals surface area contributed by atoms with E-state index in [1.165, 1.54) is 0 Å². The first-order valence-corrected chi connectivity index (χ1v) is 5.83. The van der Waals surface area contributed by atoms with Crippen molar-refractivity contribution in [3.8, 4) is 0 Å². The highest BCUT2D eigenvalue weighted by Crippen LogP contribution is 2.44. The average Bonchev–Trinajstić information content (AvgIpc) is 2.93. The van der Waals surface area contributed by atoms with Gasteiger partial charge in [-0.15, -0.1) is 0 Å². The van der Waals surface area contributed by atoms with Gasteiger partial charge in [0.1, 0.15) is 0 Å². The first kappa shape index (κ1) is 9.40. The number of carbonyl (C=O) groups excluding carboxylic acids is 1. The van der Waals surface area contributed by atoms with E-state index in [-0.39, 0.29) is 18.2 Å². The molecule has 0 aromatic rings. The fraction of sp³-hybridized carbons (Fsp3) is 0.750. The van der Waals surface area contributed by atoms with Crippen LogP contribution in [0, 0.1) is 17.8 Å². The fourth-order valence-corrected chi connectivity index (χ4v) is 2.91. The molecule has 3 rings (SSSR count). The van der Waals surface area contributed by atoms with Crippen LogP contribution in [-0.4, -0.2) is 18.9 Å². The van der Waals surface area contributed by atoms with E-state index in [0.29, 0.717) is 11.8 Å². The van der Waals surface area contributed by atoms with Crippen molar-refractivity contribution in [2.24, 2.45) is 17.8 Å². The Hall–Kier alpha value is -0.830. The van der Waals surface area contributed by atoms with Crippen LogP contribution in [0.25, 0.3) is 0 Å². The van der Waals surface area contributed by atoms with E-state index in [1.807, 2.05) is 0 Å². The topological polar surface area (TPSA) is 35.5 Å². The maximum absolute atomic E-state index is 11.9. The lowest BCUT2D eigenvalue weighted by atomic mass is 9.94. The minimum atomic E-state index is -0.263. The average molecular weight is 208 g/mol. The molecule has 0 aromatic carbocycles. The highest BCUT2D eigenvalue weighted by Gasteiger charge is 2.41. The quantitative estimate of drug-likeness (QED) is 0.513. The maximum atomic E-state index is 11.9. The van der Waals surface area contributed by atoms with Crippen LogP contribution < -0.4 is 0 Å². The molecule has 3 heteroatoms. The van der Waals surface area contributed by atoms with Crippen LogP contribution in [0.1, 0.15) is 25.7 Å². The molecule has 2 aliphatic carbocycles. The van der Waals surface area contributed by atoms with Gasteiger partial charge in [0, 0.05) is 6.42 Å². The van der Waals surface area contributed by atoms with E-state index in [4.69, 9.17) is 9.47 Å². The minimum Gasteiger partial charge on any atom is -0.436 e. The molecule has 1 saturated carbocycles. The number of rotatable bonds is 2. The Kier molecular flexibility index (Phi) is 2.28. The fourth-order valence-electron chi connectivity index (χ4n) is 2.91. The lowest BCUT2D eigenvalue weighted by molar-refractivity contribution is -0.175. The van der Waals surface area contributed by atoms with Crippen molar-refractivity contribution in [3.63, 3.8) is 0 Å². The van der Waals surface area contributed by atoms with Crippen molar-refractivity contribution in [1.82, 2.24) is 0 Å². The molecule has 15 heavy (non-hydrogen) atoms. The molecular formula is C12H16O3. The molecule has 4 atom stereocenters. The Bertz CT molecular complexity index is 291. The summed E-state index contributed by atoms with van der Waals surface area (Å²) in [7, 11) is 0. The minimum absolute atomic E-state index is 0.0428. The van der Waals surface area contributed by atoms with Crippen LogP contribution in [-0.2, 0) is 14.3 Å². The first-order chi connectivity index (χ1) is 7.33. The standard InChI is InChI=1S/C12H16O3/c13-12(15-11-2-1-5-14-11)10-7-8-3-4-9(10)6-8/h3-4,8-11H,1-2,5-7H2/t8-,9+,10+,11+/m0/s1. The Morgan fingerprint density at radius 2 is 2.27 bits per heavy atom. The lowest BCUT2D eigenvalue weighted by Crippen LogP contribution is -2.26. The third kappa shape index (κ3) is 1.69. The summed E-state index contributed by atoms with van der Waals surface area (Å²) in [6.07, 6.45) is 8.14. The van der Waals surface area contributed by atoms with Crippen molar-refractivity contribution in [2.75, 3.05) is 6.61 Å². The van der Waals surface area contributed by atoms with Gasteiger partial charge < -0.3 is 9.47 Å². The van der Waals surface area contributed by atoms with Gasteiger partial charge in [-0.05, 0) is 31.1 Å². The molecule has 3 aliphatic rings. The van der Waals surface area contributed by atoms with E-state index >= 15 is 0 Å². The first-order valence-electron chi connectivity index (χ1n) is 5.83. The number of carbonyl (C=O) groups is 1. The number of ether oxygens (including phenoxy) is 2. The van der Waals surface area contributed by atoms with Crippen LogP contribution in [0.15, 0.2) is 12.2 Å². The molecule has 2 bridgehead atoms. The molecule has 2 fully saturated rings. The molecule has 3 nitrogen and oxygen atoms in total. The molecule has 1 saturated heterocycles. The van der Waals surface area contributed by atoms with Gasteiger partial charge in [0.2, 0.25) is 6.29 Å². The molecule has 0 N–H and O–H groups in total. The summed E-state index contributed by atoms with van der Waals surface area (Å²) >= 11 is 0. The SMILES string of the molecule is O=C(O[C@@H]1CCCO1)[C@@H]1C[C@H]2C=C[C@@H]1C2.